The lowest BCUT2D eigenvalue weighted by molar-refractivity contribution is 1.01. The van der Waals surface area contributed by atoms with E-state index in [0.717, 1.165) is 40.6 Å². The van der Waals surface area contributed by atoms with Gasteiger partial charge in [0.05, 0.1) is 15.4 Å². The van der Waals surface area contributed by atoms with E-state index in [1.807, 2.05) is 6.20 Å². The zero-order valence-electron chi connectivity index (χ0n) is 18.7. The summed E-state index contributed by atoms with van der Waals surface area (Å²) >= 11 is 3.51. The Hall–Kier alpha value is -3.28. The molecule has 2 aromatic carbocycles. The topological polar surface area (TPSA) is 37.8 Å². The molecule has 0 bridgehead atoms. The number of pyridine rings is 1. The van der Waals surface area contributed by atoms with Crippen molar-refractivity contribution in [2.24, 2.45) is 0 Å². The van der Waals surface area contributed by atoms with Gasteiger partial charge in [0.1, 0.15) is 10.8 Å². The number of benzene rings is 2. The Morgan fingerprint density at radius 1 is 0.848 bits per heavy atom. The number of thiophene rings is 1. The second-order valence-corrected chi connectivity index (χ2v) is 10.1. The fourth-order valence-electron chi connectivity index (χ4n) is 3.80. The zero-order valence-corrected chi connectivity index (χ0v) is 20.3. The highest BCUT2D eigenvalue weighted by Gasteiger charge is 2.17. The lowest BCUT2D eigenvalue weighted by Gasteiger charge is -2.08. The van der Waals surface area contributed by atoms with Crippen molar-refractivity contribution in [2.45, 2.75) is 20.3 Å². The molecule has 0 amide bonds. The SMILES string of the molecule is Cc1cccc(-c2nc(-c3cc(C)cs3)sc2-c2ccnc(NCCc3ccccc3)c2)c1. The molecule has 0 aliphatic heterocycles. The van der Waals surface area contributed by atoms with Gasteiger partial charge in [-0.05, 0) is 66.6 Å². The van der Waals surface area contributed by atoms with E-state index in [1.165, 1.54) is 26.4 Å². The van der Waals surface area contributed by atoms with Crippen molar-refractivity contribution < 1.29 is 0 Å². The van der Waals surface area contributed by atoms with Crippen LogP contribution in [0.25, 0.3) is 31.6 Å². The third-order valence-electron chi connectivity index (χ3n) is 5.44. The van der Waals surface area contributed by atoms with Crippen molar-refractivity contribution in [1.29, 1.82) is 0 Å². The fourth-order valence-corrected chi connectivity index (χ4v) is 5.85. The molecule has 1 N–H and O–H groups in total. The van der Waals surface area contributed by atoms with Gasteiger partial charge < -0.3 is 5.32 Å². The van der Waals surface area contributed by atoms with E-state index in [1.54, 1.807) is 22.7 Å². The molecule has 5 heteroatoms. The molecule has 0 saturated carbocycles. The number of thiazole rings is 1. The summed E-state index contributed by atoms with van der Waals surface area (Å²) in [5.74, 6) is 0.889. The molecule has 0 saturated heterocycles. The lowest BCUT2D eigenvalue weighted by atomic mass is 10.1. The highest BCUT2D eigenvalue weighted by atomic mass is 32.1. The first kappa shape index (κ1) is 21.6. The third kappa shape index (κ3) is 5.05. The van der Waals surface area contributed by atoms with Crippen LogP contribution in [0.15, 0.2) is 84.4 Å². The van der Waals surface area contributed by atoms with Gasteiger partial charge in [-0.3, -0.25) is 0 Å². The third-order valence-corrected chi connectivity index (χ3v) is 7.77. The largest absolute Gasteiger partial charge is 0.370 e. The molecule has 3 nitrogen and oxygen atoms in total. The predicted octanol–water partition coefficient (Wildman–Crippen LogP) is 7.87. The van der Waals surface area contributed by atoms with Crippen LogP contribution in [0.3, 0.4) is 0 Å². The molecule has 164 valence electrons. The molecule has 0 unspecified atom stereocenters. The van der Waals surface area contributed by atoms with Gasteiger partial charge in [0.15, 0.2) is 0 Å². The van der Waals surface area contributed by atoms with Crippen molar-refractivity contribution in [3.63, 3.8) is 0 Å². The highest BCUT2D eigenvalue weighted by molar-refractivity contribution is 7.23. The molecule has 3 aromatic heterocycles. The van der Waals surface area contributed by atoms with Gasteiger partial charge in [-0.1, -0.05) is 54.1 Å². The minimum atomic E-state index is 0.841. The van der Waals surface area contributed by atoms with E-state index in [9.17, 15) is 0 Å². The summed E-state index contributed by atoms with van der Waals surface area (Å²) in [7, 11) is 0. The average Bonchev–Trinajstić information content (AvgIpc) is 3.47. The molecule has 0 fully saturated rings. The van der Waals surface area contributed by atoms with Crippen molar-refractivity contribution in [3.05, 3.63) is 101 Å². The van der Waals surface area contributed by atoms with Gasteiger partial charge in [0.25, 0.3) is 0 Å². The number of nitrogens with one attached hydrogen (secondary N) is 1. The molecular formula is C28H25N3S2. The van der Waals surface area contributed by atoms with Crippen LogP contribution in [0.4, 0.5) is 5.82 Å². The first-order valence-corrected chi connectivity index (χ1v) is 12.7. The standard InChI is InChI=1S/C28H25N3S2/c1-19-7-6-10-22(15-19)26-27(33-28(31-26)24-16-20(2)18-32-24)23-12-14-30-25(17-23)29-13-11-21-8-4-3-5-9-21/h3-10,12,14-18H,11,13H2,1-2H3,(H,29,30). The molecule has 0 aliphatic rings. The maximum absolute atomic E-state index is 5.10. The summed E-state index contributed by atoms with van der Waals surface area (Å²) < 4.78 is 0. The number of rotatable bonds is 7. The summed E-state index contributed by atoms with van der Waals surface area (Å²) in [4.78, 5) is 12.0. The van der Waals surface area contributed by atoms with E-state index in [2.05, 4.69) is 102 Å². The lowest BCUT2D eigenvalue weighted by Crippen LogP contribution is -2.06. The number of hydrogen-bond acceptors (Lipinski definition) is 5. The molecule has 33 heavy (non-hydrogen) atoms. The van der Waals surface area contributed by atoms with E-state index < -0.39 is 0 Å². The predicted molar refractivity (Wildman–Crippen MR) is 142 cm³/mol. The number of anilines is 1. The molecular weight excluding hydrogens is 442 g/mol. The van der Waals surface area contributed by atoms with Gasteiger partial charge in [0, 0.05) is 18.3 Å². The van der Waals surface area contributed by atoms with Crippen LogP contribution in [0.5, 0.6) is 0 Å². The van der Waals surface area contributed by atoms with E-state index in [4.69, 9.17) is 4.98 Å². The van der Waals surface area contributed by atoms with E-state index in [-0.39, 0.29) is 0 Å². The molecule has 5 rings (SSSR count). The average molecular weight is 468 g/mol. The Morgan fingerprint density at radius 2 is 1.73 bits per heavy atom. The minimum absolute atomic E-state index is 0.841. The summed E-state index contributed by atoms with van der Waals surface area (Å²) in [5.41, 5.74) is 7.15. The Balaban J connectivity index is 1.47. The molecule has 0 radical (unpaired) electrons. The van der Waals surface area contributed by atoms with Gasteiger partial charge in [-0.15, -0.1) is 22.7 Å². The van der Waals surface area contributed by atoms with Gasteiger partial charge in [0.2, 0.25) is 0 Å². The first-order valence-electron chi connectivity index (χ1n) is 11.0. The number of aromatic nitrogens is 2. The molecule has 5 aromatic rings. The maximum atomic E-state index is 5.10. The monoisotopic (exact) mass is 467 g/mol. The second kappa shape index (κ2) is 9.69. The van der Waals surface area contributed by atoms with Crippen LogP contribution < -0.4 is 5.32 Å². The van der Waals surface area contributed by atoms with Crippen LogP contribution in [0.2, 0.25) is 0 Å². The van der Waals surface area contributed by atoms with Crippen LogP contribution in [0.1, 0.15) is 16.7 Å². The number of aryl methyl sites for hydroxylation is 2. The van der Waals surface area contributed by atoms with Crippen molar-refractivity contribution >= 4 is 28.5 Å². The Morgan fingerprint density at radius 3 is 2.52 bits per heavy atom. The Kier molecular flexibility index (Phi) is 6.33. The molecule has 0 spiro atoms. The van der Waals surface area contributed by atoms with Gasteiger partial charge >= 0.3 is 0 Å². The van der Waals surface area contributed by atoms with Crippen LogP contribution in [0, 0.1) is 13.8 Å². The summed E-state index contributed by atoms with van der Waals surface area (Å²) in [6.45, 7) is 5.10. The number of nitrogens with zero attached hydrogens (tertiary/aromatic N) is 2. The highest BCUT2D eigenvalue weighted by Crippen LogP contribution is 2.42. The van der Waals surface area contributed by atoms with E-state index >= 15 is 0 Å². The quantitative estimate of drug-likeness (QED) is 0.265. The molecule has 0 atom stereocenters. The van der Waals surface area contributed by atoms with Crippen LogP contribution in [-0.2, 0) is 6.42 Å². The Labute approximate surface area is 202 Å². The summed E-state index contributed by atoms with van der Waals surface area (Å²) in [6, 6.07) is 25.6. The van der Waals surface area contributed by atoms with E-state index in [0.29, 0.717) is 0 Å². The Bertz CT molecular complexity index is 1370. The summed E-state index contributed by atoms with van der Waals surface area (Å²) in [5, 5.41) is 6.74. The van der Waals surface area contributed by atoms with Crippen molar-refractivity contribution in [2.75, 3.05) is 11.9 Å². The molecule has 0 aliphatic carbocycles. The van der Waals surface area contributed by atoms with Gasteiger partial charge in [-0.2, -0.15) is 0 Å². The number of hydrogen-bond donors (Lipinski definition) is 1. The molecule has 3 heterocycles. The van der Waals surface area contributed by atoms with Gasteiger partial charge in [-0.25, -0.2) is 9.97 Å². The fraction of sp³-hybridized carbons (Fsp3) is 0.143. The van der Waals surface area contributed by atoms with Crippen molar-refractivity contribution in [1.82, 2.24) is 9.97 Å². The smallest absolute Gasteiger partial charge is 0.134 e. The normalized spacial score (nSPS) is 11.0. The van der Waals surface area contributed by atoms with Crippen LogP contribution >= 0.6 is 22.7 Å². The zero-order chi connectivity index (χ0) is 22.6. The van der Waals surface area contributed by atoms with Crippen LogP contribution in [-0.4, -0.2) is 16.5 Å². The summed E-state index contributed by atoms with van der Waals surface area (Å²) in [6.07, 6.45) is 2.85. The minimum Gasteiger partial charge on any atom is -0.370 e. The van der Waals surface area contributed by atoms with Crippen molar-refractivity contribution in [3.8, 4) is 31.6 Å². The maximum Gasteiger partial charge on any atom is 0.134 e. The second-order valence-electron chi connectivity index (χ2n) is 8.15. The first-order chi connectivity index (χ1) is 16.2.